The first-order valence-electron chi connectivity index (χ1n) is 4.32. The summed E-state index contributed by atoms with van der Waals surface area (Å²) in [6, 6.07) is 0. The predicted octanol–water partition coefficient (Wildman–Crippen LogP) is 1.92. The zero-order valence-electron chi connectivity index (χ0n) is 8.36. The number of esters is 2. The molecule has 14 heavy (non-hydrogen) atoms. The van der Waals surface area contributed by atoms with Gasteiger partial charge in [0.2, 0.25) is 0 Å². The monoisotopic (exact) mass is 198 g/mol. The topological polar surface area (TPSA) is 52.6 Å². The Bertz CT molecular complexity index is 215. The maximum absolute atomic E-state index is 10.9. The second-order valence-corrected chi connectivity index (χ2v) is 2.42. The third-order valence-corrected chi connectivity index (χ3v) is 1.20. The number of carbonyl (C=O) groups excluding carboxylic acids is 2. The summed E-state index contributed by atoms with van der Waals surface area (Å²) in [5, 5.41) is 0. The molecule has 0 amide bonds. The van der Waals surface area contributed by atoms with Crippen molar-refractivity contribution in [3.63, 3.8) is 0 Å². The van der Waals surface area contributed by atoms with Crippen molar-refractivity contribution >= 4 is 11.9 Å². The summed E-state index contributed by atoms with van der Waals surface area (Å²) in [5.74, 6) is -0.888. The quantitative estimate of drug-likeness (QED) is 0.500. The fraction of sp³-hybridized carbons (Fsp3) is 0.400. The minimum absolute atomic E-state index is 0.0285. The van der Waals surface area contributed by atoms with Gasteiger partial charge in [-0.25, -0.2) is 0 Å². The molecule has 0 saturated carbocycles. The Kier molecular flexibility index (Phi) is 7.13. The largest absolute Gasteiger partial charge is 0.435 e. The van der Waals surface area contributed by atoms with Gasteiger partial charge in [-0.05, 0) is 13.8 Å². The molecule has 78 valence electrons. The van der Waals surface area contributed by atoms with E-state index in [1.54, 1.807) is 26.0 Å². The molecule has 0 heterocycles. The first kappa shape index (κ1) is 12.4. The zero-order chi connectivity index (χ0) is 10.8. The number of allylic oxidation sites excluding steroid dienone is 2. The van der Waals surface area contributed by atoms with Gasteiger partial charge in [-0.15, -0.1) is 0 Å². The van der Waals surface area contributed by atoms with E-state index in [2.05, 4.69) is 9.47 Å². The summed E-state index contributed by atoms with van der Waals surface area (Å²) in [4.78, 5) is 21.8. The lowest BCUT2D eigenvalue weighted by molar-refractivity contribution is -0.144. The lowest BCUT2D eigenvalue weighted by Crippen LogP contribution is -2.05. The van der Waals surface area contributed by atoms with Crippen molar-refractivity contribution in [2.45, 2.75) is 26.7 Å². The number of hydrogen-bond donors (Lipinski definition) is 0. The summed E-state index contributed by atoms with van der Waals surface area (Å²) in [6.45, 7) is 3.46. The van der Waals surface area contributed by atoms with Crippen LogP contribution in [0.1, 0.15) is 26.7 Å². The van der Waals surface area contributed by atoms with Crippen LogP contribution in [0, 0.1) is 0 Å². The highest BCUT2D eigenvalue weighted by atomic mass is 16.5. The lowest BCUT2D eigenvalue weighted by Gasteiger charge is -1.98. The Morgan fingerprint density at radius 3 is 1.57 bits per heavy atom. The smallest absolute Gasteiger partial charge is 0.311 e. The highest BCUT2D eigenvalue weighted by Crippen LogP contribution is 1.96. The Labute approximate surface area is 83.2 Å². The standard InChI is InChI=1S/C10H14O4/c1-3-7-13-9(11)5-6-10(12)14-8-4-2/h3-4,7-8H,5-6H2,1-2H3. The molecule has 0 saturated heterocycles. The maximum atomic E-state index is 10.9. The Morgan fingerprint density at radius 1 is 0.929 bits per heavy atom. The van der Waals surface area contributed by atoms with Gasteiger partial charge in [-0.1, -0.05) is 12.2 Å². The predicted molar refractivity (Wildman–Crippen MR) is 51.0 cm³/mol. The van der Waals surface area contributed by atoms with Gasteiger partial charge in [-0.3, -0.25) is 9.59 Å². The molecule has 0 spiro atoms. The molecular formula is C10H14O4. The Morgan fingerprint density at radius 2 is 1.29 bits per heavy atom. The third kappa shape index (κ3) is 7.09. The average Bonchev–Trinajstić information content (AvgIpc) is 2.20. The van der Waals surface area contributed by atoms with E-state index < -0.39 is 11.9 Å². The third-order valence-electron chi connectivity index (χ3n) is 1.20. The van der Waals surface area contributed by atoms with Crippen molar-refractivity contribution in [2.24, 2.45) is 0 Å². The van der Waals surface area contributed by atoms with Crippen LogP contribution in [0.4, 0.5) is 0 Å². The van der Waals surface area contributed by atoms with Crippen molar-refractivity contribution in [1.82, 2.24) is 0 Å². The fourth-order valence-electron chi connectivity index (χ4n) is 0.610. The van der Waals surface area contributed by atoms with E-state index in [1.807, 2.05) is 0 Å². The Balaban J connectivity index is 3.61. The van der Waals surface area contributed by atoms with Gasteiger partial charge in [0.15, 0.2) is 0 Å². The number of rotatable bonds is 5. The first-order valence-corrected chi connectivity index (χ1v) is 4.32. The molecule has 0 aromatic heterocycles. The van der Waals surface area contributed by atoms with Crippen molar-refractivity contribution in [3.8, 4) is 0 Å². The molecule has 0 aromatic rings. The van der Waals surface area contributed by atoms with Crippen LogP contribution in [0.15, 0.2) is 24.7 Å². The number of carbonyl (C=O) groups is 2. The fourth-order valence-corrected chi connectivity index (χ4v) is 0.610. The van der Waals surface area contributed by atoms with Crippen molar-refractivity contribution in [1.29, 1.82) is 0 Å². The molecule has 0 fully saturated rings. The summed E-state index contributed by atoms with van der Waals surface area (Å²) in [7, 11) is 0. The normalized spacial score (nSPS) is 10.7. The van der Waals surface area contributed by atoms with Crippen LogP contribution in [0.2, 0.25) is 0 Å². The molecule has 4 heteroatoms. The highest BCUT2D eigenvalue weighted by molar-refractivity contribution is 5.78. The molecule has 0 aromatic carbocycles. The van der Waals surface area contributed by atoms with E-state index in [9.17, 15) is 9.59 Å². The second kappa shape index (κ2) is 8.04. The van der Waals surface area contributed by atoms with Crippen LogP contribution in [0.25, 0.3) is 0 Å². The highest BCUT2D eigenvalue weighted by Gasteiger charge is 2.06. The SMILES string of the molecule is CC=COC(=O)CCC(=O)OC=CC. The zero-order valence-corrected chi connectivity index (χ0v) is 8.36. The Hall–Kier alpha value is -1.58. The number of hydrogen-bond acceptors (Lipinski definition) is 4. The van der Waals surface area contributed by atoms with E-state index in [0.717, 1.165) is 0 Å². The second-order valence-electron chi connectivity index (χ2n) is 2.42. The van der Waals surface area contributed by atoms with E-state index in [1.165, 1.54) is 12.5 Å². The molecule has 0 aliphatic rings. The van der Waals surface area contributed by atoms with Crippen molar-refractivity contribution in [2.75, 3.05) is 0 Å². The molecule has 0 atom stereocenters. The van der Waals surface area contributed by atoms with Crippen LogP contribution in [0.5, 0.6) is 0 Å². The number of ether oxygens (including phenoxy) is 2. The van der Waals surface area contributed by atoms with Gasteiger partial charge in [0.05, 0.1) is 25.4 Å². The summed E-state index contributed by atoms with van der Waals surface area (Å²) >= 11 is 0. The van der Waals surface area contributed by atoms with Crippen LogP contribution in [-0.2, 0) is 19.1 Å². The van der Waals surface area contributed by atoms with Crippen LogP contribution >= 0.6 is 0 Å². The lowest BCUT2D eigenvalue weighted by atomic mass is 10.3. The van der Waals surface area contributed by atoms with E-state index in [0.29, 0.717) is 0 Å². The van der Waals surface area contributed by atoms with Gasteiger partial charge in [0, 0.05) is 0 Å². The summed E-state index contributed by atoms with van der Waals surface area (Å²) < 4.78 is 9.20. The molecule has 0 aliphatic heterocycles. The molecule has 0 unspecified atom stereocenters. The molecule has 0 N–H and O–H groups in total. The van der Waals surface area contributed by atoms with Gasteiger partial charge in [0.25, 0.3) is 0 Å². The molecule has 4 nitrogen and oxygen atoms in total. The minimum atomic E-state index is -0.444. The van der Waals surface area contributed by atoms with Gasteiger partial charge >= 0.3 is 11.9 Å². The molecular weight excluding hydrogens is 184 g/mol. The van der Waals surface area contributed by atoms with Crippen LogP contribution in [0.3, 0.4) is 0 Å². The van der Waals surface area contributed by atoms with Crippen molar-refractivity contribution < 1.29 is 19.1 Å². The van der Waals surface area contributed by atoms with Crippen LogP contribution < -0.4 is 0 Å². The van der Waals surface area contributed by atoms with E-state index >= 15 is 0 Å². The summed E-state index contributed by atoms with van der Waals surface area (Å²) in [5.41, 5.74) is 0. The molecule has 0 radical (unpaired) electrons. The van der Waals surface area contributed by atoms with Gasteiger partial charge < -0.3 is 9.47 Å². The van der Waals surface area contributed by atoms with Crippen molar-refractivity contribution in [3.05, 3.63) is 24.7 Å². The van der Waals surface area contributed by atoms with Gasteiger partial charge in [0.1, 0.15) is 0 Å². The molecule has 0 aliphatic carbocycles. The minimum Gasteiger partial charge on any atom is -0.435 e. The summed E-state index contributed by atoms with van der Waals surface area (Å²) in [6.07, 6.45) is 5.80. The maximum Gasteiger partial charge on any atom is 0.311 e. The van der Waals surface area contributed by atoms with Gasteiger partial charge in [-0.2, -0.15) is 0 Å². The van der Waals surface area contributed by atoms with Crippen LogP contribution in [-0.4, -0.2) is 11.9 Å². The molecule has 0 bridgehead atoms. The average molecular weight is 198 g/mol. The van der Waals surface area contributed by atoms with E-state index in [-0.39, 0.29) is 12.8 Å². The van der Waals surface area contributed by atoms with E-state index in [4.69, 9.17) is 0 Å². The molecule has 0 rings (SSSR count). The first-order chi connectivity index (χ1) is 6.70.